The number of nitrogens with zero attached hydrogens (tertiary/aromatic N) is 3. The zero-order valence-corrected chi connectivity index (χ0v) is 19.1. The van der Waals surface area contributed by atoms with Gasteiger partial charge in [-0.25, -0.2) is 13.8 Å². The molecule has 3 aromatic heterocycles. The number of halogens is 3. The van der Waals surface area contributed by atoms with Gasteiger partial charge in [-0.1, -0.05) is 11.6 Å². The zero-order valence-electron chi connectivity index (χ0n) is 18.3. The number of amides is 2. The second-order valence-corrected chi connectivity index (χ2v) is 8.73. The molecule has 3 N–H and O–H groups in total. The number of carbonyl (C=O) groups is 2. The van der Waals surface area contributed by atoms with E-state index in [1.54, 1.807) is 42.8 Å². The molecule has 1 aliphatic carbocycles. The molecular formula is C23H21ClF2N6O2. The summed E-state index contributed by atoms with van der Waals surface area (Å²) in [4.78, 5) is 28.8. The van der Waals surface area contributed by atoms with Crippen LogP contribution in [0.15, 0.2) is 30.7 Å². The summed E-state index contributed by atoms with van der Waals surface area (Å²) in [6.07, 6.45) is 3.96. The topological polar surface area (TPSA) is 104 Å². The number of H-pyrrole nitrogens is 1. The molecule has 0 radical (unpaired) electrons. The Morgan fingerprint density at radius 1 is 1.35 bits per heavy atom. The van der Waals surface area contributed by atoms with Crippen LogP contribution in [-0.2, 0) is 9.59 Å². The van der Waals surface area contributed by atoms with E-state index in [9.17, 15) is 14.0 Å². The van der Waals surface area contributed by atoms with Gasteiger partial charge in [0.05, 0.1) is 34.8 Å². The molecule has 176 valence electrons. The van der Waals surface area contributed by atoms with Gasteiger partial charge in [0.15, 0.2) is 5.82 Å². The first-order valence-corrected chi connectivity index (χ1v) is 11.2. The summed E-state index contributed by atoms with van der Waals surface area (Å²) >= 11 is 6.51. The third-order valence-electron chi connectivity index (χ3n) is 6.04. The summed E-state index contributed by atoms with van der Waals surface area (Å²) in [5.74, 6) is -2.54. The van der Waals surface area contributed by atoms with E-state index in [0.29, 0.717) is 34.2 Å². The van der Waals surface area contributed by atoms with Crippen LogP contribution >= 0.6 is 11.6 Å². The van der Waals surface area contributed by atoms with Crippen LogP contribution in [-0.4, -0.2) is 44.1 Å². The van der Waals surface area contributed by atoms with E-state index in [4.69, 9.17) is 11.6 Å². The first-order valence-electron chi connectivity index (χ1n) is 10.9. The number of imidazole rings is 1. The first kappa shape index (κ1) is 22.3. The van der Waals surface area contributed by atoms with Gasteiger partial charge in [-0.15, -0.1) is 0 Å². The van der Waals surface area contributed by atoms with E-state index >= 15 is 4.39 Å². The molecule has 8 nitrogen and oxygen atoms in total. The number of likely N-dealkylation sites (N-methyl/N-ethyl adjacent to an activating group) is 1. The molecule has 34 heavy (non-hydrogen) atoms. The first-order chi connectivity index (χ1) is 16.3. The van der Waals surface area contributed by atoms with Gasteiger partial charge in [0.25, 0.3) is 0 Å². The van der Waals surface area contributed by atoms with E-state index in [2.05, 4.69) is 25.8 Å². The second-order valence-electron chi connectivity index (χ2n) is 8.35. The Balaban J connectivity index is 1.56. The van der Waals surface area contributed by atoms with Gasteiger partial charge in [-0.3, -0.25) is 14.7 Å². The van der Waals surface area contributed by atoms with Crippen LogP contribution in [0, 0.1) is 11.7 Å². The van der Waals surface area contributed by atoms with Crippen LogP contribution in [0.3, 0.4) is 0 Å². The number of carbonyl (C=O) groups excluding carboxylic acids is 2. The Bertz CT molecular complexity index is 1450. The standard InChI is InChI=1S/C23H21ClF2N6O2/c1-3-27-22(33)10(2)17-20(26)19(24)18(13-7-28-31-21(13)17)11-4-5-16-29-15(9-32(16)8-11)30-23(34)12-6-14(12)25/h4-5,7-10,12,14H,3,6H2,1-2H3,(H,27,33)(H,28,31)(H,30,34). The largest absolute Gasteiger partial charge is 0.356 e. The fourth-order valence-electron chi connectivity index (χ4n) is 4.14. The maximum atomic E-state index is 15.5. The van der Waals surface area contributed by atoms with Gasteiger partial charge in [-0.2, -0.15) is 5.10 Å². The molecule has 4 aromatic rings. The SMILES string of the molecule is CCNC(=O)C(C)c1c(F)c(Cl)c(-c2ccc3nc(NC(=O)C4CC4F)cn3c2)c2cn[nH]c12. The molecule has 11 heteroatoms. The van der Waals surface area contributed by atoms with Crippen LogP contribution in [0.4, 0.5) is 14.6 Å². The lowest BCUT2D eigenvalue weighted by Crippen LogP contribution is -2.28. The summed E-state index contributed by atoms with van der Waals surface area (Å²) in [5, 5.41) is 12.6. The Labute approximate surface area is 197 Å². The van der Waals surface area contributed by atoms with E-state index in [1.807, 2.05) is 0 Å². The molecule has 1 fully saturated rings. The Morgan fingerprint density at radius 2 is 2.12 bits per heavy atom. The number of pyridine rings is 1. The number of rotatable bonds is 6. The molecule has 2 amide bonds. The Kier molecular flexibility index (Phi) is 5.47. The number of nitrogens with one attached hydrogen (secondary N) is 3. The lowest BCUT2D eigenvalue weighted by atomic mass is 9.93. The number of anilines is 1. The highest BCUT2D eigenvalue weighted by Crippen LogP contribution is 2.41. The summed E-state index contributed by atoms with van der Waals surface area (Å²) in [6, 6.07) is 3.43. The van der Waals surface area contributed by atoms with Crippen molar-refractivity contribution >= 4 is 45.8 Å². The Hall–Kier alpha value is -3.53. The predicted molar refractivity (Wildman–Crippen MR) is 124 cm³/mol. The molecule has 0 saturated heterocycles. The van der Waals surface area contributed by atoms with Crippen molar-refractivity contribution < 1.29 is 18.4 Å². The summed E-state index contributed by atoms with van der Waals surface area (Å²) < 4.78 is 30.3. The molecule has 1 aromatic carbocycles. The lowest BCUT2D eigenvalue weighted by Gasteiger charge is -2.17. The fourth-order valence-corrected chi connectivity index (χ4v) is 4.45. The molecule has 3 unspecified atom stereocenters. The number of aromatic amines is 1. The molecule has 0 spiro atoms. The highest BCUT2D eigenvalue weighted by atomic mass is 35.5. The highest BCUT2D eigenvalue weighted by molar-refractivity contribution is 6.35. The summed E-state index contributed by atoms with van der Waals surface area (Å²) in [7, 11) is 0. The van der Waals surface area contributed by atoms with Crippen molar-refractivity contribution in [3.63, 3.8) is 0 Å². The minimum atomic E-state index is -1.10. The summed E-state index contributed by atoms with van der Waals surface area (Å²) in [5.41, 5.74) is 2.07. The van der Waals surface area contributed by atoms with Crippen molar-refractivity contribution in [1.82, 2.24) is 24.9 Å². The van der Waals surface area contributed by atoms with Gasteiger partial charge in [0.1, 0.15) is 17.6 Å². The van der Waals surface area contributed by atoms with Gasteiger partial charge in [0.2, 0.25) is 11.8 Å². The van der Waals surface area contributed by atoms with E-state index in [-0.39, 0.29) is 28.7 Å². The molecule has 0 aliphatic heterocycles. The van der Waals surface area contributed by atoms with Gasteiger partial charge in [0, 0.05) is 34.8 Å². The van der Waals surface area contributed by atoms with Crippen molar-refractivity contribution in [2.75, 3.05) is 11.9 Å². The lowest BCUT2D eigenvalue weighted by molar-refractivity contribution is -0.122. The quantitative estimate of drug-likeness (QED) is 0.380. The van der Waals surface area contributed by atoms with Crippen LogP contribution in [0.25, 0.3) is 27.7 Å². The monoisotopic (exact) mass is 486 g/mol. The second kappa shape index (κ2) is 8.35. The van der Waals surface area contributed by atoms with Crippen molar-refractivity contribution in [1.29, 1.82) is 0 Å². The van der Waals surface area contributed by atoms with E-state index < -0.39 is 29.7 Å². The zero-order chi connectivity index (χ0) is 24.1. The highest BCUT2D eigenvalue weighted by Gasteiger charge is 2.43. The Morgan fingerprint density at radius 3 is 2.82 bits per heavy atom. The molecule has 3 atom stereocenters. The number of alkyl halides is 1. The predicted octanol–water partition coefficient (Wildman–Crippen LogP) is 4.21. The van der Waals surface area contributed by atoms with Gasteiger partial charge >= 0.3 is 0 Å². The maximum absolute atomic E-state index is 15.5. The molecular weight excluding hydrogens is 466 g/mol. The molecule has 1 aliphatic rings. The average Bonchev–Trinajstić information content (AvgIpc) is 3.17. The third-order valence-corrected chi connectivity index (χ3v) is 6.40. The fraction of sp³-hybridized carbons (Fsp3) is 0.304. The minimum Gasteiger partial charge on any atom is -0.356 e. The van der Waals surface area contributed by atoms with Crippen molar-refractivity contribution in [3.05, 3.63) is 47.1 Å². The van der Waals surface area contributed by atoms with Crippen molar-refractivity contribution in [2.24, 2.45) is 5.92 Å². The van der Waals surface area contributed by atoms with E-state index in [1.165, 1.54) is 6.20 Å². The van der Waals surface area contributed by atoms with Crippen LogP contribution in [0.5, 0.6) is 0 Å². The molecule has 3 heterocycles. The van der Waals surface area contributed by atoms with Gasteiger partial charge in [-0.05, 0) is 32.4 Å². The van der Waals surface area contributed by atoms with E-state index in [0.717, 1.165) is 0 Å². The van der Waals surface area contributed by atoms with Gasteiger partial charge < -0.3 is 15.0 Å². The van der Waals surface area contributed by atoms with Crippen molar-refractivity contribution in [2.45, 2.75) is 32.4 Å². The summed E-state index contributed by atoms with van der Waals surface area (Å²) in [6.45, 7) is 3.82. The number of aromatic nitrogens is 4. The average molecular weight is 487 g/mol. The van der Waals surface area contributed by atoms with Crippen LogP contribution < -0.4 is 10.6 Å². The maximum Gasteiger partial charge on any atom is 0.231 e. The molecule has 0 bridgehead atoms. The van der Waals surface area contributed by atoms with Crippen LogP contribution in [0.1, 0.15) is 31.7 Å². The molecule has 5 rings (SSSR count). The van der Waals surface area contributed by atoms with Crippen LogP contribution in [0.2, 0.25) is 5.02 Å². The number of fused-ring (bicyclic) bond motifs is 2. The smallest absolute Gasteiger partial charge is 0.231 e. The third kappa shape index (κ3) is 3.67. The minimum absolute atomic E-state index is 0.129. The number of benzene rings is 1. The normalized spacial score (nSPS) is 18.3. The number of hydrogen-bond acceptors (Lipinski definition) is 4. The number of hydrogen-bond donors (Lipinski definition) is 3. The van der Waals surface area contributed by atoms with Crippen molar-refractivity contribution in [3.8, 4) is 11.1 Å². The molecule has 1 saturated carbocycles.